The molecule has 2 rings (SSSR count). The Hall–Kier alpha value is -3.09. The molecule has 0 spiro atoms. The topological polar surface area (TPSA) is 119 Å². The molecule has 0 bridgehead atoms. The number of carbonyl (C=O) groups is 3. The zero-order valence-electron chi connectivity index (χ0n) is 10.8. The Bertz CT molecular complexity index is 726. The number of rotatable bonds is 4. The average molecular weight is 288 g/mol. The molecule has 4 N–H and O–H groups in total. The standard InChI is InChI=1S/C14H12N2O5/c15-14(20)16-11(17)7-21-10-6-5-8-3-1-2-4-9(8)12(10)13(18)19/h1-6H,7H2,(H,18,19)(H3,15,16,17,20). The Morgan fingerprint density at radius 1 is 1.14 bits per heavy atom. The van der Waals surface area contributed by atoms with E-state index in [1.54, 1.807) is 30.3 Å². The molecule has 7 heteroatoms. The van der Waals surface area contributed by atoms with Crippen molar-refractivity contribution in [3.63, 3.8) is 0 Å². The number of benzene rings is 2. The summed E-state index contributed by atoms with van der Waals surface area (Å²) in [7, 11) is 0. The number of carboxylic acids is 1. The molecular weight excluding hydrogens is 276 g/mol. The fourth-order valence-corrected chi connectivity index (χ4v) is 1.91. The lowest BCUT2D eigenvalue weighted by Gasteiger charge is -2.11. The first-order chi connectivity index (χ1) is 9.99. The van der Waals surface area contributed by atoms with Gasteiger partial charge in [-0.2, -0.15) is 0 Å². The van der Waals surface area contributed by atoms with Gasteiger partial charge in [0.2, 0.25) is 0 Å². The van der Waals surface area contributed by atoms with E-state index in [9.17, 15) is 19.5 Å². The van der Waals surface area contributed by atoms with E-state index < -0.39 is 24.5 Å². The van der Waals surface area contributed by atoms with Crippen LogP contribution in [0.5, 0.6) is 5.75 Å². The molecule has 0 radical (unpaired) electrons. The predicted octanol–water partition coefficient (Wildman–Crippen LogP) is 1.11. The number of amides is 3. The second kappa shape index (κ2) is 5.91. The molecule has 0 saturated carbocycles. The van der Waals surface area contributed by atoms with Crippen molar-refractivity contribution in [2.75, 3.05) is 6.61 Å². The van der Waals surface area contributed by atoms with E-state index in [0.29, 0.717) is 5.39 Å². The Balaban J connectivity index is 2.31. The van der Waals surface area contributed by atoms with Gasteiger partial charge in [0.25, 0.3) is 5.91 Å². The van der Waals surface area contributed by atoms with Gasteiger partial charge in [-0.3, -0.25) is 10.1 Å². The summed E-state index contributed by atoms with van der Waals surface area (Å²) in [5, 5.41) is 12.4. The lowest BCUT2D eigenvalue weighted by molar-refractivity contribution is -0.121. The molecule has 108 valence electrons. The van der Waals surface area contributed by atoms with Gasteiger partial charge in [-0.1, -0.05) is 30.3 Å². The number of primary amides is 1. The van der Waals surface area contributed by atoms with E-state index in [4.69, 9.17) is 10.5 Å². The molecule has 21 heavy (non-hydrogen) atoms. The van der Waals surface area contributed by atoms with Crippen LogP contribution in [0.1, 0.15) is 10.4 Å². The number of carboxylic acid groups (broad SMARTS) is 1. The van der Waals surface area contributed by atoms with Gasteiger partial charge < -0.3 is 15.6 Å². The van der Waals surface area contributed by atoms with Crippen LogP contribution in [-0.4, -0.2) is 29.6 Å². The lowest BCUT2D eigenvalue weighted by atomic mass is 10.0. The van der Waals surface area contributed by atoms with Gasteiger partial charge in [0, 0.05) is 0 Å². The molecule has 7 nitrogen and oxygen atoms in total. The molecule has 0 unspecified atom stereocenters. The van der Waals surface area contributed by atoms with Crippen molar-refractivity contribution in [3.05, 3.63) is 42.0 Å². The summed E-state index contributed by atoms with van der Waals surface area (Å²) in [6.07, 6.45) is 0. The molecule has 0 saturated heterocycles. The van der Waals surface area contributed by atoms with Crippen LogP contribution in [0.15, 0.2) is 36.4 Å². The highest BCUT2D eigenvalue weighted by Crippen LogP contribution is 2.28. The van der Waals surface area contributed by atoms with Gasteiger partial charge in [0.1, 0.15) is 11.3 Å². The fourth-order valence-electron chi connectivity index (χ4n) is 1.91. The number of urea groups is 1. The van der Waals surface area contributed by atoms with Crippen molar-refractivity contribution in [3.8, 4) is 5.75 Å². The lowest BCUT2D eigenvalue weighted by Crippen LogP contribution is -2.38. The monoisotopic (exact) mass is 288 g/mol. The maximum Gasteiger partial charge on any atom is 0.340 e. The zero-order chi connectivity index (χ0) is 15.4. The van der Waals surface area contributed by atoms with Crippen LogP contribution in [0.4, 0.5) is 4.79 Å². The Labute approximate surface area is 119 Å². The number of hydrogen-bond donors (Lipinski definition) is 3. The minimum atomic E-state index is -1.17. The van der Waals surface area contributed by atoms with Gasteiger partial charge >= 0.3 is 12.0 Å². The van der Waals surface area contributed by atoms with Crippen LogP contribution in [0.2, 0.25) is 0 Å². The van der Waals surface area contributed by atoms with Gasteiger partial charge in [0.05, 0.1) is 0 Å². The molecular formula is C14H12N2O5. The molecule has 0 atom stereocenters. The maximum absolute atomic E-state index is 11.4. The van der Waals surface area contributed by atoms with E-state index in [0.717, 1.165) is 5.39 Å². The third-order valence-electron chi connectivity index (χ3n) is 2.73. The number of carbonyl (C=O) groups excluding carboxylic acids is 2. The summed E-state index contributed by atoms with van der Waals surface area (Å²) in [6.45, 7) is -0.512. The van der Waals surface area contributed by atoms with E-state index >= 15 is 0 Å². The number of nitrogens with one attached hydrogen (secondary N) is 1. The van der Waals surface area contributed by atoms with Crippen LogP contribution >= 0.6 is 0 Å². The zero-order valence-corrected chi connectivity index (χ0v) is 10.8. The van der Waals surface area contributed by atoms with Crippen LogP contribution in [-0.2, 0) is 4.79 Å². The summed E-state index contributed by atoms with van der Waals surface area (Å²) in [5.41, 5.74) is 4.75. The Kier molecular flexibility index (Phi) is 4.03. The molecule has 0 aliphatic heterocycles. The summed E-state index contributed by atoms with van der Waals surface area (Å²) in [4.78, 5) is 33.2. The van der Waals surface area contributed by atoms with Crippen molar-refractivity contribution in [1.29, 1.82) is 0 Å². The molecule has 0 fully saturated rings. The number of aromatic carboxylic acids is 1. The summed E-state index contributed by atoms with van der Waals surface area (Å²) < 4.78 is 5.17. The first-order valence-electron chi connectivity index (χ1n) is 5.96. The first-order valence-corrected chi connectivity index (χ1v) is 5.96. The van der Waals surface area contributed by atoms with E-state index in [-0.39, 0.29) is 11.3 Å². The van der Waals surface area contributed by atoms with Gasteiger partial charge in [-0.15, -0.1) is 0 Å². The van der Waals surface area contributed by atoms with Gasteiger partial charge in [0.15, 0.2) is 6.61 Å². The van der Waals surface area contributed by atoms with Crippen molar-refractivity contribution in [2.45, 2.75) is 0 Å². The van der Waals surface area contributed by atoms with Crippen molar-refractivity contribution in [2.24, 2.45) is 5.73 Å². The van der Waals surface area contributed by atoms with Gasteiger partial charge in [-0.25, -0.2) is 9.59 Å². The highest BCUT2D eigenvalue weighted by atomic mass is 16.5. The fraction of sp³-hybridized carbons (Fsp3) is 0.0714. The highest BCUT2D eigenvalue weighted by molar-refractivity contribution is 6.06. The molecule has 0 heterocycles. The van der Waals surface area contributed by atoms with Crippen LogP contribution in [0, 0.1) is 0 Å². The minimum Gasteiger partial charge on any atom is -0.483 e. The molecule has 0 aromatic heterocycles. The van der Waals surface area contributed by atoms with Crippen LogP contribution in [0.3, 0.4) is 0 Å². The van der Waals surface area contributed by atoms with Crippen LogP contribution in [0.25, 0.3) is 10.8 Å². The number of ether oxygens (including phenoxy) is 1. The smallest absolute Gasteiger partial charge is 0.340 e. The van der Waals surface area contributed by atoms with Crippen molar-refractivity contribution in [1.82, 2.24) is 5.32 Å². The predicted molar refractivity (Wildman–Crippen MR) is 74.1 cm³/mol. The largest absolute Gasteiger partial charge is 0.483 e. The third kappa shape index (κ3) is 3.27. The molecule has 2 aromatic rings. The number of fused-ring (bicyclic) bond motifs is 1. The number of hydrogen-bond acceptors (Lipinski definition) is 4. The van der Waals surface area contributed by atoms with Crippen molar-refractivity contribution >= 4 is 28.7 Å². The second-order valence-corrected chi connectivity index (χ2v) is 4.17. The molecule has 3 amide bonds. The SMILES string of the molecule is NC(=O)NC(=O)COc1ccc2ccccc2c1C(=O)O. The first kappa shape index (κ1) is 14.3. The molecule has 0 aliphatic carbocycles. The summed E-state index contributed by atoms with van der Waals surface area (Å²) in [6, 6.07) is 9.06. The van der Waals surface area contributed by atoms with E-state index in [1.807, 2.05) is 5.32 Å². The number of imide groups is 1. The van der Waals surface area contributed by atoms with E-state index in [1.165, 1.54) is 6.07 Å². The minimum absolute atomic E-state index is 0.0417. The quantitative estimate of drug-likeness (QED) is 0.778. The normalized spacial score (nSPS) is 10.1. The number of nitrogens with two attached hydrogens (primary N) is 1. The van der Waals surface area contributed by atoms with E-state index in [2.05, 4.69) is 0 Å². The Morgan fingerprint density at radius 2 is 1.86 bits per heavy atom. The second-order valence-electron chi connectivity index (χ2n) is 4.17. The average Bonchev–Trinajstić information content (AvgIpc) is 2.43. The third-order valence-corrected chi connectivity index (χ3v) is 2.73. The Morgan fingerprint density at radius 3 is 2.52 bits per heavy atom. The summed E-state index contributed by atoms with van der Waals surface area (Å²) >= 11 is 0. The van der Waals surface area contributed by atoms with Gasteiger partial charge in [-0.05, 0) is 16.8 Å². The maximum atomic E-state index is 11.4. The molecule has 0 aliphatic rings. The molecule has 2 aromatic carbocycles. The summed E-state index contributed by atoms with van der Waals surface area (Å²) in [5.74, 6) is -1.88. The van der Waals surface area contributed by atoms with Crippen molar-refractivity contribution < 1.29 is 24.2 Å². The highest BCUT2D eigenvalue weighted by Gasteiger charge is 2.16. The van der Waals surface area contributed by atoms with Crippen LogP contribution < -0.4 is 15.8 Å².